The topological polar surface area (TPSA) is 81.3 Å². The first-order chi connectivity index (χ1) is 11.7. The van der Waals surface area contributed by atoms with Crippen LogP contribution in [-0.4, -0.2) is 71.6 Å². The zero-order valence-electron chi connectivity index (χ0n) is 13.7. The van der Waals surface area contributed by atoms with Crippen molar-refractivity contribution >= 4 is 11.8 Å². The summed E-state index contributed by atoms with van der Waals surface area (Å²) < 4.78 is 0. The van der Waals surface area contributed by atoms with Gasteiger partial charge in [-0.2, -0.15) is 5.10 Å². The second-order valence-corrected chi connectivity index (χ2v) is 5.77. The second kappa shape index (κ2) is 7.27. The fraction of sp³-hybridized carbons (Fsp3) is 0.353. The maximum atomic E-state index is 12.6. The van der Waals surface area contributed by atoms with E-state index in [2.05, 4.69) is 15.5 Å². The summed E-state index contributed by atoms with van der Waals surface area (Å²) in [6.07, 6.45) is 0. The van der Waals surface area contributed by atoms with E-state index in [9.17, 15) is 9.59 Å². The molecule has 0 radical (unpaired) electrons. The molecule has 126 valence electrons. The number of aromatic nitrogens is 2. The zero-order chi connectivity index (χ0) is 16.9. The van der Waals surface area contributed by atoms with Crippen LogP contribution in [-0.2, 0) is 4.79 Å². The minimum absolute atomic E-state index is 0.00385. The van der Waals surface area contributed by atoms with Crippen molar-refractivity contribution < 1.29 is 9.59 Å². The lowest BCUT2D eigenvalue weighted by molar-refractivity contribution is -0.122. The highest BCUT2D eigenvalue weighted by Crippen LogP contribution is 2.18. The van der Waals surface area contributed by atoms with Crippen LogP contribution in [0.3, 0.4) is 0 Å². The first kappa shape index (κ1) is 16.2. The van der Waals surface area contributed by atoms with Gasteiger partial charge in [-0.3, -0.25) is 19.6 Å². The number of carbonyl (C=O) groups excluding carboxylic acids is 2. The number of aromatic amines is 1. The molecule has 1 aliphatic heterocycles. The van der Waals surface area contributed by atoms with Gasteiger partial charge in [0.15, 0.2) is 0 Å². The second-order valence-electron chi connectivity index (χ2n) is 5.77. The van der Waals surface area contributed by atoms with Crippen LogP contribution < -0.4 is 5.32 Å². The van der Waals surface area contributed by atoms with Crippen LogP contribution in [0.25, 0.3) is 11.3 Å². The van der Waals surface area contributed by atoms with Crippen molar-refractivity contribution in [3.8, 4) is 11.3 Å². The van der Waals surface area contributed by atoms with Crippen LogP contribution in [0.4, 0.5) is 0 Å². The molecule has 1 saturated heterocycles. The molecule has 24 heavy (non-hydrogen) atoms. The molecule has 0 unspecified atom stereocenters. The van der Waals surface area contributed by atoms with Crippen LogP contribution in [0, 0.1) is 0 Å². The van der Waals surface area contributed by atoms with Gasteiger partial charge in [-0.15, -0.1) is 0 Å². The number of carbonyl (C=O) groups is 2. The molecule has 7 nitrogen and oxygen atoms in total. The van der Waals surface area contributed by atoms with E-state index in [4.69, 9.17) is 0 Å². The predicted molar refractivity (Wildman–Crippen MR) is 90.4 cm³/mol. The third kappa shape index (κ3) is 3.62. The van der Waals surface area contributed by atoms with E-state index < -0.39 is 0 Å². The van der Waals surface area contributed by atoms with Crippen molar-refractivity contribution in [3.05, 3.63) is 42.1 Å². The van der Waals surface area contributed by atoms with Crippen molar-refractivity contribution in [1.82, 2.24) is 25.3 Å². The Kier molecular flexibility index (Phi) is 4.90. The normalized spacial score (nSPS) is 15.3. The highest BCUT2D eigenvalue weighted by molar-refractivity contribution is 5.93. The highest BCUT2D eigenvalue weighted by atomic mass is 16.2. The molecule has 2 amide bonds. The lowest BCUT2D eigenvalue weighted by atomic mass is 10.1. The first-order valence-corrected chi connectivity index (χ1v) is 8.00. The largest absolute Gasteiger partial charge is 0.358 e. The predicted octanol–water partition coefficient (Wildman–Crippen LogP) is 0.581. The number of hydrogen-bond donors (Lipinski definition) is 2. The third-order valence-corrected chi connectivity index (χ3v) is 4.18. The van der Waals surface area contributed by atoms with Crippen molar-refractivity contribution in [1.29, 1.82) is 0 Å². The van der Waals surface area contributed by atoms with E-state index in [1.165, 1.54) is 0 Å². The molecule has 0 bridgehead atoms. The molecular formula is C17H21N5O2. The first-order valence-electron chi connectivity index (χ1n) is 8.00. The standard InChI is InChI=1S/C17H21N5O2/c1-18-16(23)12-21-7-9-22(10-8-21)17(24)15-11-14(19-20-15)13-5-3-2-4-6-13/h2-6,11H,7-10,12H2,1H3,(H,18,23)(H,19,20). The van der Waals surface area contributed by atoms with E-state index in [0.717, 1.165) is 11.3 Å². The summed E-state index contributed by atoms with van der Waals surface area (Å²) in [5.41, 5.74) is 2.23. The summed E-state index contributed by atoms with van der Waals surface area (Å²) in [6, 6.07) is 11.5. The fourth-order valence-electron chi connectivity index (χ4n) is 2.75. The van der Waals surface area contributed by atoms with Gasteiger partial charge in [-0.25, -0.2) is 0 Å². The van der Waals surface area contributed by atoms with Crippen LogP contribution in [0.2, 0.25) is 0 Å². The van der Waals surface area contributed by atoms with E-state index in [1.807, 2.05) is 35.2 Å². The van der Waals surface area contributed by atoms with Gasteiger partial charge in [0, 0.05) is 38.8 Å². The summed E-state index contributed by atoms with van der Waals surface area (Å²) >= 11 is 0. The van der Waals surface area contributed by atoms with Gasteiger partial charge in [0.2, 0.25) is 5.91 Å². The van der Waals surface area contributed by atoms with Crippen LogP contribution in [0.5, 0.6) is 0 Å². The van der Waals surface area contributed by atoms with Crippen LogP contribution in [0.1, 0.15) is 10.5 Å². The number of benzene rings is 1. The molecule has 1 fully saturated rings. The number of piperazine rings is 1. The molecule has 0 aliphatic carbocycles. The Morgan fingerprint density at radius 1 is 1.17 bits per heavy atom. The number of likely N-dealkylation sites (N-methyl/N-ethyl adjacent to an activating group) is 1. The van der Waals surface area contributed by atoms with E-state index in [0.29, 0.717) is 38.4 Å². The summed E-state index contributed by atoms with van der Waals surface area (Å²) in [5, 5.41) is 9.68. The molecule has 7 heteroatoms. The number of nitrogens with zero attached hydrogens (tertiary/aromatic N) is 3. The zero-order valence-corrected chi connectivity index (χ0v) is 13.7. The molecule has 1 aromatic carbocycles. The summed E-state index contributed by atoms with van der Waals surface area (Å²) in [7, 11) is 1.63. The smallest absolute Gasteiger partial charge is 0.271 e. The average molecular weight is 327 g/mol. The van der Waals surface area contributed by atoms with E-state index in [-0.39, 0.29) is 11.8 Å². The van der Waals surface area contributed by atoms with Crippen molar-refractivity contribution in [2.75, 3.05) is 39.8 Å². The molecule has 3 rings (SSSR count). The Labute approximate surface area is 140 Å². The van der Waals surface area contributed by atoms with Crippen molar-refractivity contribution in [2.45, 2.75) is 0 Å². The van der Waals surface area contributed by atoms with Gasteiger partial charge in [0.05, 0.1) is 12.2 Å². The van der Waals surface area contributed by atoms with Gasteiger partial charge in [0.1, 0.15) is 5.69 Å². The fourth-order valence-corrected chi connectivity index (χ4v) is 2.75. The van der Waals surface area contributed by atoms with Crippen molar-refractivity contribution in [3.63, 3.8) is 0 Å². The lowest BCUT2D eigenvalue weighted by Gasteiger charge is -2.33. The molecule has 1 aromatic heterocycles. The molecule has 1 aliphatic rings. The summed E-state index contributed by atoms with van der Waals surface area (Å²) in [6.45, 7) is 2.98. The monoisotopic (exact) mass is 327 g/mol. The van der Waals surface area contributed by atoms with E-state index in [1.54, 1.807) is 18.0 Å². The van der Waals surface area contributed by atoms with Crippen LogP contribution in [0.15, 0.2) is 36.4 Å². The lowest BCUT2D eigenvalue weighted by Crippen LogP contribution is -2.50. The SMILES string of the molecule is CNC(=O)CN1CCN(C(=O)c2cc(-c3ccccc3)n[nH]2)CC1. The van der Waals surface area contributed by atoms with Gasteiger partial charge >= 0.3 is 0 Å². The Balaban J connectivity index is 1.60. The maximum Gasteiger partial charge on any atom is 0.271 e. The molecule has 2 heterocycles. The minimum Gasteiger partial charge on any atom is -0.358 e. The van der Waals surface area contributed by atoms with Gasteiger partial charge < -0.3 is 10.2 Å². The number of hydrogen-bond acceptors (Lipinski definition) is 4. The molecule has 0 atom stereocenters. The van der Waals surface area contributed by atoms with Gasteiger partial charge in [0.25, 0.3) is 5.91 Å². The number of amides is 2. The number of rotatable bonds is 4. The third-order valence-electron chi connectivity index (χ3n) is 4.18. The molecule has 0 spiro atoms. The van der Waals surface area contributed by atoms with Gasteiger partial charge in [-0.05, 0) is 6.07 Å². The molecule has 2 N–H and O–H groups in total. The molecule has 2 aromatic rings. The van der Waals surface area contributed by atoms with Gasteiger partial charge in [-0.1, -0.05) is 30.3 Å². The number of H-pyrrole nitrogens is 1. The number of nitrogens with one attached hydrogen (secondary N) is 2. The van der Waals surface area contributed by atoms with Crippen molar-refractivity contribution in [2.24, 2.45) is 0 Å². The highest BCUT2D eigenvalue weighted by Gasteiger charge is 2.24. The Hall–Kier alpha value is -2.67. The minimum atomic E-state index is -0.0516. The molecule has 0 saturated carbocycles. The Bertz CT molecular complexity index is 705. The summed E-state index contributed by atoms with van der Waals surface area (Å²) in [4.78, 5) is 27.8. The molecular weight excluding hydrogens is 306 g/mol. The summed E-state index contributed by atoms with van der Waals surface area (Å²) in [5.74, 6) is -0.0554. The Morgan fingerprint density at radius 2 is 1.88 bits per heavy atom. The Morgan fingerprint density at radius 3 is 2.54 bits per heavy atom. The maximum absolute atomic E-state index is 12.6. The van der Waals surface area contributed by atoms with Crippen LogP contribution >= 0.6 is 0 Å². The quantitative estimate of drug-likeness (QED) is 0.861. The van der Waals surface area contributed by atoms with E-state index >= 15 is 0 Å². The average Bonchev–Trinajstić information content (AvgIpc) is 3.12.